The number of aromatic nitrogens is 2. The Labute approximate surface area is 126 Å². The lowest BCUT2D eigenvalue weighted by molar-refractivity contribution is -0.119. The number of carbonyl (C=O) groups excluding carboxylic acids is 1. The van der Waals surface area contributed by atoms with Crippen LogP contribution in [0.25, 0.3) is 0 Å². The minimum Gasteiger partial charge on any atom is -0.477 e. The summed E-state index contributed by atoms with van der Waals surface area (Å²) in [6.07, 6.45) is 1.35. The highest BCUT2D eigenvalue weighted by atomic mass is 35.5. The average molecular weight is 308 g/mol. The number of carboxylic acid groups (broad SMARTS) is 1. The molecule has 6 nitrogen and oxygen atoms in total. The molecular formula is C14H14ClN3O3. The lowest BCUT2D eigenvalue weighted by Gasteiger charge is -2.15. The van der Waals surface area contributed by atoms with Crippen LogP contribution in [-0.2, 0) is 4.79 Å². The van der Waals surface area contributed by atoms with Crippen LogP contribution in [0.3, 0.4) is 0 Å². The molecule has 0 aliphatic heterocycles. The third-order valence-corrected chi connectivity index (χ3v) is 3.57. The van der Waals surface area contributed by atoms with E-state index in [-0.39, 0.29) is 11.6 Å². The topological polar surface area (TPSA) is 84.2 Å². The molecule has 2 N–H and O–H groups in total. The first kappa shape index (κ1) is 15.1. The van der Waals surface area contributed by atoms with Crippen molar-refractivity contribution in [2.75, 3.05) is 5.32 Å². The number of carbonyl (C=O) groups is 2. The van der Waals surface area contributed by atoms with E-state index in [0.717, 1.165) is 10.2 Å². The van der Waals surface area contributed by atoms with Crippen LogP contribution in [0.5, 0.6) is 0 Å². The zero-order valence-electron chi connectivity index (χ0n) is 11.5. The predicted octanol–water partition coefficient (Wildman–Crippen LogP) is 2.74. The number of nitrogens with one attached hydrogen (secondary N) is 1. The molecule has 1 unspecified atom stereocenters. The van der Waals surface area contributed by atoms with Gasteiger partial charge in [0.1, 0.15) is 11.7 Å². The van der Waals surface area contributed by atoms with Crippen molar-refractivity contribution in [1.82, 2.24) is 9.78 Å². The Bertz CT molecular complexity index is 697. The number of benzene rings is 1. The molecule has 0 saturated carbocycles. The number of halogens is 1. The molecule has 1 heterocycles. The van der Waals surface area contributed by atoms with Crippen molar-refractivity contribution in [3.8, 4) is 0 Å². The van der Waals surface area contributed by atoms with Gasteiger partial charge in [-0.2, -0.15) is 5.10 Å². The summed E-state index contributed by atoms with van der Waals surface area (Å²) in [6, 6.07) is 5.77. The average Bonchev–Trinajstić information content (AvgIpc) is 2.92. The summed E-state index contributed by atoms with van der Waals surface area (Å²) in [5.41, 5.74) is 1.29. The molecule has 0 saturated heterocycles. The highest BCUT2D eigenvalue weighted by Crippen LogP contribution is 2.24. The number of rotatable bonds is 4. The van der Waals surface area contributed by atoms with Gasteiger partial charge in [-0.05, 0) is 37.6 Å². The fourth-order valence-electron chi connectivity index (χ4n) is 1.88. The molecule has 1 atom stereocenters. The van der Waals surface area contributed by atoms with Crippen LogP contribution in [-0.4, -0.2) is 26.8 Å². The Morgan fingerprint density at radius 2 is 2.10 bits per heavy atom. The summed E-state index contributed by atoms with van der Waals surface area (Å²) in [6.45, 7) is 3.37. The second-order valence-electron chi connectivity index (χ2n) is 4.54. The fraction of sp³-hybridized carbons (Fsp3) is 0.214. The normalized spacial score (nSPS) is 12.0. The molecule has 1 aromatic heterocycles. The van der Waals surface area contributed by atoms with Gasteiger partial charge < -0.3 is 10.4 Å². The Kier molecular flexibility index (Phi) is 4.28. The van der Waals surface area contributed by atoms with Crippen molar-refractivity contribution in [1.29, 1.82) is 0 Å². The molecular weight excluding hydrogens is 294 g/mol. The first-order chi connectivity index (χ1) is 9.91. The van der Waals surface area contributed by atoms with Crippen molar-refractivity contribution in [3.63, 3.8) is 0 Å². The minimum atomic E-state index is -1.13. The Balaban J connectivity index is 2.22. The number of amides is 1. The minimum absolute atomic E-state index is 0.0412. The van der Waals surface area contributed by atoms with E-state index in [2.05, 4.69) is 10.4 Å². The maximum atomic E-state index is 12.2. The number of nitrogens with zero attached hydrogens (tertiary/aromatic N) is 2. The van der Waals surface area contributed by atoms with Gasteiger partial charge in [0.2, 0.25) is 5.91 Å². The van der Waals surface area contributed by atoms with Gasteiger partial charge >= 0.3 is 5.97 Å². The lowest BCUT2D eigenvalue weighted by atomic mass is 10.2. The van der Waals surface area contributed by atoms with Gasteiger partial charge in [0.15, 0.2) is 0 Å². The van der Waals surface area contributed by atoms with E-state index in [4.69, 9.17) is 16.7 Å². The maximum absolute atomic E-state index is 12.2. The number of hydrogen-bond acceptors (Lipinski definition) is 3. The Morgan fingerprint density at radius 1 is 1.38 bits per heavy atom. The third-order valence-electron chi connectivity index (χ3n) is 3.16. The number of carboxylic acids is 1. The quantitative estimate of drug-likeness (QED) is 0.909. The first-order valence-electron chi connectivity index (χ1n) is 6.24. The van der Waals surface area contributed by atoms with Crippen LogP contribution < -0.4 is 5.32 Å². The van der Waals surface area contributed by atoms with Gasteiger partial charge in [-0.15, -0.1) is 0 Å². The van der Waals surface area contributed by atoms with Gasteiger partial charge in [-0.1, -0.05) is 17.7 Å². The molecule has 0 aliphatic carbocycles. The number of hydrogen-bond donors (Lipinski definition) is 2. The largest absolute Gasteiger partial charge is 0.477 e. The third kappa shape index (κ3) is 3.05. The SMILES string of the molecule is Cc1c(Cl)cccc1NC(=O)C(C)n1nccc1C(=O)O. The molecule has 0 aliphatic rings. The Hall–Kier alpha value is -2.34. The summed E-state index contributed by atoms with van der Waals surface area (Å²) >= 11 is 6.00. The summed E-state index contributed by atoms with van der Waals surface area (Å²) in [7, 11) is 0. The van der Waals surface area contributed by atoms with Crippen LogP contribution >= 0.6 is 11.6 Å². The zero-order valence-corrected chi connectivity index (χ0v) is 12.3. The van der Waals surface area contributed by atoms with Gasteiger partial charge in [0.05, 0.1) is 0 Å². The van der Waals surface area contributed by atoms with Gasteiger partial charge in [0.25, 0.3) is 0 Å². The monoisotopic (exact) mass is 307 g/mol. The lowest BCUT2D eigenvalue weighted by Crippen LogP contribution is -2.27. The van der Waals surface area contributed by atoms with E-state index in [0.29, 0.717) is 10.7 Å². The molecule has 0 bridgehead atoms. The molecule has 1 amide bonds. The van der Waals surface area contributed by atoms with Crippen LogP contribution in [0, 0.1) is 6.92 Å². The molecule has 2 rings (SSSR count). The van der Waals surface area contributed by atoms with Crippen LogP contribution in [0.15, 0.2) is 30.5 Å². The highest BCUT2D eigenvalue weighted by molar-refractivity contribution is 6.31. The van der Waals surface area contributed by atoms with Crippen LogP contribution in [0.2, 0.25) is 5.02 Å². The van der Waals surface area contributed by atoms with Crippen molar-refractivity contribution < 1.29 is 14.7 Å². The van der Waals surface area contributed by atoms with Crippen molar-refractivity contribution >= 4 is 29.2 Å². The van der Waals surface area contributed by atoms with Crippen molar-refractivity contribution in [2.24, 2.45) is 0 Å². The van der Waals surface area contributed by atoms with E-state index in [1.807, 2.05) is 0 Å². The van der Waals surface area contributed by atoms with Gasteiger partial charge in [0, 0.05) is 16.9 Å². The summed E-state index contributed by atoms with van der Waals surface area (Å²) in [5.74, 6) is -1.50. The van der Waals surface area contributed by atoms with Crippen molar-refractivity contribution in [3.05, 3.63) is 46.7 Å². The Morgan fingerprint density at radius 3 is 2.76 bits per heavy atom. The summed E-state index contributed by atoms with van der Waals surface area (Å²) in [5, 5.41) is 16.2. The molecule has 0 fully saturated rings. The first-order valence-corrected chi connectivity index (χ1v) is 6.62. The molecule has 2 aromatic rings. The van der Waals surface area contributed by atoms with Crippen molar-refractivity contribution in [2.45, 2.75) is 19.9 Å². The van der Waals surface area contributed by atoms with E-state index in [1.165, 1.54) is 12.3 Å². The predicted molar refractivity (Wildman–Crippen MR) is 78.7 cm³/mol. The molecule has 21 heavy (non-hydrogen) atoms. The summed E-state index contributed by atoms with van der Waals surface area (Å²) < 4.78 is 1.16. The fourth-order valence-corrected chi connectivity index (χ4v) is 2.06. The standard InChI is InChI=1S/C14H14ClN3O3/c1-8-10(15)4-3-5-11(8)17-13(19)9(2)18-12(14(20)21)6-7-16-18/h3-7,9H,1-2H3,(H,17,19)(H,20,21). The van der Waals surface area contributed by atoms with E-state index >= 15 is 0 Å². The highest BCUT2D eigenvalue weighted by Gasteiger charge is 2.21. The van der Waals surface area contributed by atoms with E-state index in [1.54, 1.807) is 32.0 Å². The molecule has 110 valence electrons. The number of aromatic carboxylic acids is 1. The van der Waals surface area contributed by atoms with Gasteiger partial charge in [-0.25, -0.2) is 9.48 Å². The molecule has 0 spiro atoms. The smallest absolute Gasteiger partial charge is 0.354 e. The van der Waals surface area contributed by atoms with Gasteiger partial charge in [-0.3, -0.25) is 4.79 Å². The second kappa shape index (κ2) is 5.97. The molecule has 7 heteroatoms. The zero-order chi connectivity index (χ0) is 15.6. The maximum Gasteiger partial charge on any atom is 0.354 e. The second-order valence-corrected chi connectivity index (χ2v) is 4.95. The number of anilines is 1. The summed E-state index contributed by atoms with van der Waals surface area (Å²) in [4.78, 5) is 23.3. The van der Waals surface area contributed by atoms with Crippen LogP contribution in [0.4, 0.5) is 5.69 Å². The molecule has 0 radical (unpaired) electrons. The van der Waals surface area contributed by atoms with E-state index in [9.17, 15) is 9.59 Å². The van der Waals surface area contributed by atoms with E-state index < -0.39 is 12.0 Å². The molecule has 1 aromatic carbocycles. The van der Waals surface area contributed by atoms with Crippen LogP contribution in [0.1, 0.15) is 29.0 Å².